The Hall–Kier alpha value is -1.95. The van der Waals surface area contributed by atoms with Crippen LogP contribution in [0.5, 0.6) is 0 Å². The van der Waals surface area contributed by atoms with Gasteiger partial charge in [-0.05, 0) is 17.7 Å². The van der Waals surface area contributed by atoms with E-state index < -0.39 is 23.7 Å². The average molecular weight is 269 g/mol. The molecule has 1 rings (SSSR count). The van der Waals surface area contributed by atoms with Crippen LogP contribution in [0.15, 0.2) is 24.3 Å². The molecular weight excluding hydrogens is 253 g/mol. The summed E-state index contributed by atoms with van der Waals surface area (Å²) >= 11 is 0. The standard InChI is InChI=1S/C13H16FNO4/c1-19-6-5-11(13(17)18)15-12(16)8-9-3-2-4-10(14)7-9/h2-4,7,11H,5-6,8H2,1H3,(H,15,16)(H,17,18). The molecule has 0 radical (unpaired) electrons. The fraction of sp³-hybridized carbons (Fsp3) is 0.385. The summed E-state index contributed by atoms with van der Waals surface area (Å²) in [4.78, 5) is 22.6. The third-order valence-corrected chi connectivity index (χ3v) is 2.50. The molecule has 0 fully saturated rings. The molecule has 0 spiro atoms. The predicted octanol–water partition coefficient (Wildman–Crippen LogP) is 0.974. The van der Waals surface area contributed by atoms with Crippen LogP contribution in [-0.2, 0) is 20.7 Å². The van der Waals surface area contributed by atoms with Crippen LogP contribution in [0.4, 0.5) is 4.39 Å². The van der Waals surface area contributed by atoms with Gasteiger partial charge in [-0.3, -0.25) is 4.79 Å². The van der Waals surface area contributed by atoms with Gasteiger partial charge in [0.05, 0.1) is 6.42 Å². The lowest BCUT2D eigenvalue weighted by Gasteiger charge is -2.14. The van der Waals surface area contributed by atoms with E-state index in [0.29, 0.717) is 5.56 Å². The van der Waals surface area contributed by atoms with Crippen molar-refractivity contribution in [2.24, 2.45) is 0 Å². The number of methoxy groups -OCH3 is 1. The van der Waals surface area contributed by atoms with E-state index in [-0.39, 0.29) is 19.4 Å². The monoisotopic (exact) mass is 269 g/mol. The molecule has 1 aromatic rings. The maximum atomic E-state index is 12.9. The SMILES string of the molecule is COCCC(NC(=O)Cc1cccc(F)c1)C(=O)O. The van der Waals surface area contributed by atoms with Gasteiger partial charge in [-0.1, -0.05) is 12.1 Å². The second-order valence-corrected chi connectivity index (χ2v) is 4.05. The van der Waals surface area contributed by atoms with Crippen LogP contribution in [0.1, 0.15) is 12.0 Å². The van der Waals surface area contributed by atoms with E-state index in [0.717, 1.165) is 0 Å². The number of ether oxygens (including phenoxy) is 1. The van der Waals surface area contributed by atoms with E-state index in [4.69, 9.17) is 9.84 Å². The summed E-state index contributed by atoms with van der Waals surface area (Å²) in [6.07, 6.45) is 0.120. The van der Waals surface area contributed by atoms with Gasteiger partial charge in [0.15, 0.2) is 0 Å². The second-order valence-electron chi connectivity index (χ2n) is 4.05. The zero-order valence-corrected chi connectivity index (χ0v) is 10.6. The molecule has 1 aromatic carbocycles. The second kappa shape index (κ2) is 7.48. The summed E-state index contributed by atoms with van der Waals surface area (Å²) in [6, 6.07) is 4.62. The lowest BCUT2D eigenvalue weighted by Crippen LogP contribution is -2.42. The lowest BCUT2D eigenvalue weighted by atomic mass is 10.1. The number of carbonyl (C=O) groups is 2. The van der Waals surface area contributed by atoms with E-state index in [9.17, 15) is 14.0 Å². The highest BCUT2D eigenvalue weighted by Crippen LogP contribution is 2.04. The molecule has 1 amide bonds. The number of aliphatic carboxylic acids is 1. The minimum atomic E-state index is -1.12. The zero-order valence-electron chi connectivity index (χ0n) is 10.6. The van der Waals surface area contributed by atoms with Gasteiger partial charge in [-0.25, -0.2) is 9.18 Å². The molecule has 0 saturated heterocycles. The first-order valence-corrected chi connectivity index (χ1v) is 5.78. The van der Waals surface area contributed by atoms with Crippen molar-refractivity contribution in [1.29, 1.82) is 0 Å². The number of rotatable bonds is 7. The molecule has 2 N–H and O–H groups in total. The number of hydrogen-bond acceptors (Lipinski definition) is 3. The minimum Gasteiger partial charge on any atom is -0.480 e. The molecule has 5 nitrogen and oxygen atoms in total. The number of halogens is 1. The van der Waals surface area contributed by atoms with Crippen LogP contribution < -0.4 is 5.32 Å². The molecule has 0 aliphatic carbocycles. The molecule has 0 aliphatic heterocycles. The Labute approximate surface area is 110 Å². The molecule has 1 atom stereocenters. The molecule has 6 heteroatoms. The van der Waals surface area contributed by atoms with Crippen LogP contribution in [-0.4, -0.2) is 36.7 Å². The Morgan fingerprint density at radius 1 is 1.47 bits per heavy atom. The number of amides is 1. The average Bonchev–Trinajstić information content (AvgIpc) is 2.34. The summed E-state index contributed by atoms with van der Waals surface area (Å²) in [5.74, 6) is -2.02. The number of hydrogen-bond donors (Lipinski definition) is 2. The Morgan fingerprint density at radius 3 is 2.79 bits per heavy atom. The molecule has 0 heterocycles. The molecule has 0 bridgehead atoms. The molecule has 0 aromatic heterocycles. The van der Waals surface area contributed by atoms with Crippen molar-refractivity contribution in [2.45, 2.75) is 18.9 Å². The number of carboxylic acids is 1. The van der Waals surface area contributed by atoms with Crippen molar-refractivity contribution in [1.82, 2.24) is 5.32 Å². The smallest absolute Gasteiger partial charge is 0.326 e. The van der Waals surface area contributed by atoms with Crippen molar-refractivity contribution in [3.8, 4) is 0 Å². The summed E-state index contributed by atoms with van der Waals surface area (Å²) in [6.45, 7) is 0.233. The highest BCUT2D eigenvalue weighted by Gasteiger charge is 2.19. The van der Waals surface area contributed by atoms with E-state index in [1.165, 1.54) is 25.3 Å². The topological polar surface area (TPSA) is 75.6 Å². The molecule has 19 heavy (non-hydrogen) atoms. The van der Waals surface area contributed by atoms with Gasteiger partial charge in [-0.2, -0.15) is 0 Å². The van der Waals surface area contributed by atoms with Crippen molar-refractivity contribution >= 4 is 11.9 Å². The maximum absolute atomic E-state index is 12.9. The van der Waals surface area contributed by atoms with E-state index in [2.05, 4.69) is 5.32 Å². The number of carboxylic acid groups (broad SMARTS) is 1. The van der Waals surface area contributed by atoms with Crippen molar-refractivity contribution in [2.75, 3.05) is 13.7 Å². The van der Waals surface area contributed by atoms with Gasteiger partial charge >= 0.3 is 5.97 Å². The summed E-state index contributed by atoms with van der Waals surface area (Å²) in [5.41, 5.74) is 0.494. The van der Waals surface area contributed by atoms with Crippen LogP contribution >= 0.6 is 0 Å². The van der Waals surface area contributed by atoms with Crippen LogP contribution in [0, 0.1) is 5.82 Å². The molecule has 1 unspecified atom stereocenters. The minimum absolute atomic E-state index is 0.0610. The predicted molar refractivity (Wildman–Crippen MR) is 66.2 cm³/mol. The van der Waals surface area contributed by atoms with Crippen LogP contribution in [0.3, 0.4) is 0 Å². The maximum Gasteiger partial charge on any atom is 0.326 e. The van der Waals surface area contributed by atoms with Gasteiger partial charge < -0.3 is 15.2 Å². The Balaban J connectivity index is 2.55. The Bertz CT molecular complexity index is 450. The summed E-state index contributed by atoms with van der Waals surface area (Å²) in [5, 5.41) is 11.3. The molecule has 104 valence electrons. The van der Waals surface area contributed by atoms with E-state index >= 15 is 0 Å². The zero-order chi connectivity index (χ0) is 14.3. The first-order chi connectivity index (χ1) is 9.02. The van der Waals surface area contributed by atoms with Crippen LogP contribution in [0.2, 0.25) is 0 Å². The number of benzene rings is 1. The summed E-state index contributed by atoms with van der Waals surface area (Å²) in [7, 11) is 1.45. The van der Waals surface area contributed by atoms with Gasteiger partial charge in [0.1, 0.15) is 11.9 Å². The van der Waals surface area contributed by atoms with Crippen molar-refractivity contribution in [3.05, 3.63) is 35.6 Å². The number of nitrogens with one attached hydrogen (secondary N) is 1. The fourth-order valence-corrected chi connectivity index (χ4v) is 1.57. The molecule has 0 saturated carbocycles. The lowest BCUT2D eigenvalue weighted by molar-refractivity contribution is -0.142. The quantitative estimate of drug-likeness (QED) is 0.773. The van der Waals surface area contributed by atoms with Gasteiger partial charge in [0, 0.05) is 20.1 Å². The van der Waals surface area contributed by atoms with E-state index in [1.807, 2.05) is 0 Å². The Morgan fingerprint density at radius 2 is 2.21 bits per heavy atom. The highest BCUT2D eigenvalue weighted by atomic mass is 19.1. The first-order valence-electron chi connectivity index (χ1n) is 5.78. The molecular formula is C13H16FNO4. The van der Waals surface area contributed by atoms with E-state index in [1.54, 1.807) is 6.07 Å². The van der Waals surface area contributed by atoms with Gasteiger partial charge in [0.2, 0.25) is 5.91 Å². The first kappa shape index (κ1) is 15.1. The third-order valence-electron chi connectivity index (χ3n) is 2.50. The highest BCUT2D eigenvalue weighted by molar-refractivity contribution is 5.84. The van der Waals surface area contributed by atoms with Gasteiger partial charge in [0.25, 0.3) is 0 Å². The number of carbonyl (C=O) groups excluding carboxylic acids is 1. The largest absolute Gasteiger partial charge is 0.480 e. The normalized spacial score (nSPS) is 11.9. The summed E-state index contributed by atoms with van der Waals surface area (Å²) < 4.78 is 17.7. The van der Waals surface area contributed by atoms with Crippen molar-refractivity contribution < 1.29 is 23.8 Å². The van der Waals surface area contributed by atoms with Gasteiger partial charge in [-0.15, -0.1) is 0 Å². The van der Waals surface area contributed by atoms with Crippen molar-refractivity contribution in [3.63, 3.8) is 0 Å². The molecule has 0 aliphatic rings. The van der Waals surface area contributed by atoms with Crippen LogP contribution in [0.25, 0.3) is 0 Å². The fourth-order valence-electron chi connectivity index (χ4n) is 1.57. The third kappa shape index (κ3) is 5.48. The Kier molecular flexibility index (Phi) is 5.95.